The maximum Gasteiger partial charge on any atom is 0.125 e. The molecule has 1 heterocycles. The predicted octanol–water partition coefficient (Wildman–Crippen LogP) is 5.15. The number of alkyl halides is 1. The Hall–Kier alpha value is -1.18. The summed E-state index contributed by atoms with van der Waals surface area (Å²) < 4.78 is 5.79. The first kappa shape index (κ1) is 14.7. The van der Waals surface area contributed by atoms with Crippen molar-refractivity contribution >= 4 is 23.2 Å². The third-order valence-electron chi connectivity index (χ3n) is 4.11. The van der Waals surface area contributed by atoms with Gasteiger partial charge in [0.2, 0.25) is 0 Å². The first-order valence-corrected chi connectivity index (χ1v) is 8.16. The number of hydrogen-bond donors (Lipinski definition) is 0. The number of aryl methyl sites for hydroxylation is 1. The van der Waals surface area contributed by atoms with E-state index in [0.717, 1.165) is 30.2 Å². The fraction of sp³-hybridized carbons (Fsp3) is 0.333. The van der Waals surface area contributed by atoms with Crippen LogP contribution >= 0.6 is 23.2 Å². The second-order valence-corrected chi connectivity index (χ2v) is 6.31. The summed E-state index contributed by atoms with van der Waals surface area (Å²) in [6.07, 6.45) is 1.80. The van der Waals surface area contributed by atoms with Crippen LogP contribution < -0.4 is 4.74 Å². The van der Waals surface area contributed by atoms with Gasteiger partial charge in [0.25, 0.3) is 0 Å². The minimum atomic E-state index is 0.277. The lowest BCUT2D eigenvalue weighted by molar-refractivity contribution is 0.353. The van der Waals surface area contributed by atoms with Crippen molar-refractivity contribution in [1.29, 1.82) is 0 Å². The molecular formula is C18H18Cl2O. The largest absolute Gasteiger partial charge is 0.493 e. The molecule has 2 aromatic rings. The smallest absolute Gasteiger partial charge is 0.125 e. The summed E-state index contributed by atoms with van der Waals surface area (Å²) in [5.41, 5.74) is 4.97. The van der Waals surface area contributed by atoms with Crippen LogP contribution in [-0.4, -0.2) is 12.5 Å². The van der Waals surface area contributed by atoms with Crippen molar-refractivity contribution in [3.63, 3.8) is 0 Å². The normalized spacial score (nSPS) is 14.6. The zero-order chi connectivity index (χ0) is 14.8. The van der Waals surface area contributed by atoms with E-state index >= 15 is 0 Å². The zero-order valence-corrected chi connectivity index (χ0v) is 13.5. The third-order valence-corrected chi connectivity index (χ3v) is 4.70. The number of rotatable bonds is 4. The minimum Gasteiger partial charge on any atom is -0.493 e. The van der Waals surface area contributed by atoms with E-state index < -0.39 is 0 Å². The fourth-order valence-corrected chi connectivity index (χ4v) is 3.59. The lowest BCUT2D eigenvalue weighted by Gasteiger charge is -2.18. The molecule has 0 radical (unpaired) electrons. The summed E-state index contributed by atoms with van der Waals surface area (Å²) in [6, 6.07) is 12.5. The molecule has 1 atom stereocenters. The van der Waals surface area contributed by atoms with Crippen LogP contribution in [0.1, 0.15) is 28.2 Å². The van der Waals surface area contributed by atoms with Gasteiger partial charge in [-0.25, -0.2) is 0 Å². The third kappa shape index (κ3) is 3.04. The van der Waals surface area contributed by atoms with Crippen molar-refractivity contribution in [2.45, 2.75) is 25.7 Å². The number of halogens is 2. The quantitative estimate of drug-likeness (QED) is 0.708. The standard InChI is InChI=1S/C18H18Cl2O/c1-12-4-2-3-5-17(12)15(11-19)8-14-10-16(20)9-13-6-7-21-18(13)14/h2-5,9-10,15H,6-8,11H2,1H3. The van der Waals surface area contributed by atoms with Gasteiger partial charge < -0.3 is 4.74 Å². The van der Waals surface area contributed by atoms with Crippen LogP contribution in [0.3, 0.4) is 0 Å². The summed E-state index contributed by atoms with van der Waals surface area (Å²) in [4.78, 5) is 0. The van der Waals surface area contributed by atoms with Gasteiger partial charge in [0.1, 0.15) is 5.75 Å². The molecule has 1 aliphatic heterocycles. The van der Waals surface area contributed by atoms with Crippen LogP contribution in [0.5, 0.6) is 5.75 Å². The first-order valence-electron chi connectivity index (χ1n) is 7.24. The van der Waals surface area contributed by atoms with Crippen molar-refractivity contribution in [3.05, 3.63) is 63.7 Å². The highest BCUT2D eigenvalue weighted by Gasteiger charge is 2.21. The molecule has 0 saturated carbocycles. The molecule has 0 spiro atoms. The van der Waals surface area contributed by atoms with Crippen molar-refractivity contribution in [2.24, 2.45) is 0 Å². The van der Waals surface area contributed by atoms with Crippen molar-refractivity contribution in [3.8, 4) is 5.75 Å². The summed E-state index contributed by atoms with van der Waals surface area (Å²) in [6.45, 7) is 2.88. The average Bonchev–Trinajstić information content (AvgIpc) is 2.93. The van der Waals surface area contributed by atoms with Gasteiger partial charge in [-0.2, -0.15) is 0 Å². The summed E-state index contributed by atoms with van der Waals surface area (Å²) in [5, 5.41) is 0.785. The molecule has 0 saturated heterocycles. The van der Waals surface area contributed by atoms with Gasteiger partial charge in [0.15, 0.2) is 0 Å². The van der Waals surface area contributed by atoms with E-state index in [4.69, 9.17) is 27.9 Å². The van der Waals surface area contributed by atoms with Gasteiger partial charge in [0, 0.05) is 23.2 Å². The Morgan fingerprint density at radius 3 is 2.81 bits per heavy atom. The van der Waals surface area contributed by atoms with Crippen LogP contribution in [0, 0.1) is 6.92 Å². The molecule has 21 heavy (non-hydrogen) atoms. The van der Waals surface area contributed by atoms with E-state index in [0.29, 0.717) is 5.88 Å². The molecule has 0 aliphatic carbocycles. The molecule has 1 nitrogen and oxygen atoms in total. The van der Waals surface area contributed by atoms with Crippen LogP contribution in [-0.2, 0) is 12.8 Å². The Kier molecular flexibility index (Phi) is 4.42. The number of benzene rings is 2. The molecule has 0 bridgehead atoms. The second-order valence-electron chi connectivity index (χ2n) is 5.56. The lowest BCUT2D eigenvalue weighted by Crippen LogP contribution is -2.07. The Labute approximate surface area is 135 Å². The summed E-state index contributed by atoms with van der Waals surface area (Å²) >= 11 is 12.5. The van der Waals surface area contributed by atoms with Crippen molar-refractivity contribution in [1.82, 2.24) is 0 Å². The van der Waals surface area contributed by atoms with Gasteiger partial charge in [-0.1, -0.05) is 35.9 Å². The molecule has 1 unspecified atom stereocenters. The van der Waals surface area contributed by atoms with E-state index in [1.807, 2.05) is 12.1 Å². The van der Waals surface area contributed by atoms with Crippen LogP contribution in [0.2, 0.25) is 5.02 Å². The van der Waals surface area contributed by atoms with Crippen molar-refractivity contribution < 1.29 is 4.74 Å². The van der Waals surface area contributed by atoms with Gasteiger partial charge in [-0.15, -0.1) is 11.6 Å². The molecular weight excluding hydrogens is 303 g/mol. The second kappa shape index (κ2) is 6.29. The molecule has 2 aromatic carbocycles. The van der Waals surface area contributed by atoms with Crippen LogP contribution in [0.15, 0.2) is 36.4 Å². The topological polar surface area (TPSA) is 9.23 Å². The fourth-order valence-electron chi connectivity index (χ4n) is 3.06. The number of ether oxygens (including phenoxy) is 1. The Balaban J connectivity index is 1.94. The monoisotopic (exact) mass is 320 g/mol. The molecule has 0 amide bonds. The average molecular weight is 321 g/mol. The van der Waals surface area contributed by atoms with E-state index in [9.17, 15) is 0 Å². The van der Waals surface area contributed by atoms with Crippen LogP contribution in [0.4, 0.5) is 0 Å². The molecule has 3 heteroatoms. The number of hydrogen-bond acceptors (Lipinski definition) is 1. The van der Waals surface area contributed by atoms with Crippen LogP contribution in [0.25, 0.3) is 0 Å². The van der Waals surface area contributed by atoms with E-state index in [1.165, 1.54) is 22.3 Å². The molecule has 3 rings (SSSR count). The lowest BCUT2D eigenvalue weighted by atomic mass is 9.89. The highest BCUT2D eigenvalue weighted by Crippen LogP contribution is 2.36. The molecule has 0 N–H and O–H groups in total. The van der Waals surface area contributed by atoms with E-state index in [-0.39, 0.29) is 5.92 Å². The molecule has 0 aromatic heterocycles. The summed E-state index contributed by atoms with van der Waals surface area (Å²) in [5.74, 6) is 1.88. The van der Waals surface area contributed by atoms with Gasteiger partial charge in [-0.05, 0) is 47.7 Å². The number of fused-ring (bicyclic) bond motifs is 1. The first-order chi connectivity index (χ1) is 10.2. The highest BCUT2D eigenvalue weighted by molar-refractivity contribution is 6.30. The Bertz CT molecular complexity index is 652. The summed E-state index contributed by atoms with van der Waals surface area (Å²) in [7, 11) is 0. The zero-order valence-electron chi connectivity index (χ0n) is 12.0. The highest BCUT2D eigenvalue weighted by atomic mass is 35.5. The maximum atomic E-state index is 6.24. The molecule has 110 valence electrons. The van der Waals surface area contributed by atoms with E-state index in [1.54, 1.807) is 0 Å². The van der Waals surface area contributed by atoms with E-state index in [2.05, 4.69) is 31.2 Å². The predicted molar refractivity (Wildman–Crippen MR) is 89.0 cm³/mol. The van der Waals surface area contributed by atoms with Gasteiger partial charge >= 0.3 is 0 Å². The van der Waals surface area contributed by atoms with Gasteiger partial charge in [0.05, 0.1) is 6.61 Å². The van der Waals surface area contributed by atoms with Crippen molar-refractivity contribution in [2.75, 3.05) is 12.5 Å². The molecule has 0 fully saturated rings. The minimum absolute atomic E-state index is 0.277. The Morgan fingerprint density at radius 2 is 2.05 bits per heavy atom. The Morgan fingerprint density at radius 1 is 1.24 bits per heavy atom. The van der Waals surface area contributed by atoms with Gasteiger partial charge in [-0.3, -0.25) is 0 Å². The molecule has 1 aliphatic rings. The maximum absolute atomic E-state index is 6.24. The SMILES string of the molecule is Cc1ccccc1C(CCl)Cc1cc(Cl)cc2c1OCC2.